The zero-order valence-electron chi connectivity index (χ0n) is 64.8. The van der Waals surface area contributed by atoms with Crippen molar-refractivity contribution in [2.24, 2.45) is 0 Å². The van der Waals surface area contributed by atoms with E-state index in [9.17, 15) is 43.5 Å². The first kappa shape index (κ1) is 98.2. The fourth-order valence-corrected chi connectivity index (χ4v) is 13.5. The average Bonchev–Trinajstić information content (AvgIpc) is 1.74. The Kier molecular flexibility index (Phi) is 74.8. The van der Waals surface area contributed by atoms with E-state index < -0.39 is 91.5 Å². The Labute approximate surface area is 618 Å². The zero-order chi connectivity index (χ0) is 73.7. The van der Waals surface area contributed by atoms with Crippen LogP contribution in [0, 0.1) is 0 Å². The molecule has 0 saturated carbocycles. The van der Waals surface area contributed by atoms with E-state index >= 15 is 0 Å². The molecule has 592 valence electrons. The van der Waals surface area contributed by atoms with Gasteiger partial charge in [0.2, 0.25) is 0 Å². The summed E-state index contributed by atoms with van der Waals surface area (Å²) in [6.45, 7) is 2.66. The smallest absolute Gasteiger partial charge is 0.463 e. The normalized spacial score (nSPS) is 14.2. The highest BCUT2D eigenvalue weighted by Gasteiger charge is 2.29. The van der Waals surface area contributed by atoms with Crippen LogP contribution in [0.15, 0.2) is 60.8 Å². The van der Waals surface area contributed by atoms with Crippen LogP contribution < -0.4 is 0 Å². The van der Waals surface area contributed by atoms with Crippen LogP contribution in [0.1, 0.15) is 393 Å². The number of phosphoric acid groups is 2. The Balaban J connectivity index is 4.31. The molecule has 4 N–H and O–H groups in total. The van der Waals surface area contributed by atoms with Gasteiger partial charge in [-0.1, -0.05) is 370 Å². The number of aliphatic hydroxyl groups is 2. The molecule has 0 aliphatic rings. The third-order valence-electron chi connectivity index (χ3n) is 18.3. The van der Waals surface area contributed by atoms with Gasteiger partial charge in [0.15, 0.2) is 6.10 Å². The number of phosphoric ester groups is 2. The van der Waals surface area contributed by atoms with E-state index in [2.05, 4.69) is 81.5 Å². The molecule has 0 rings (SSSR count). The molecule has 5 unspecified atom stereocenters. The molecule has 16 nitrogen and oxygen atoms in total. The van der Waals surface area contributed by atoms with Crippen LogP contribution in [0.5, 0.6) is 0 Å². The van der Waals surface area contributed by atoms with Crippen molar-refractivity contribution in [3.05, 3.63) is 60.8 Å². The van der Waals surface area contributed by atoms with E-state index in [1.165, 1.54) is 244 Å². The highest BCUT2D eigenvalue weighted by molar-refractivity contribution is 7.47. The van der Waals surface area contributed by atoms with Crippen LogP contribution in [0.2, 0.25) is 0 Å². The molecule has 18 heteroatoms. The Morgan fingerprint density at radius 3 is 0.832 bits per heavy atom. The lowest BCUT2D eigenvalue weighted by atomic mass is 10.0. The van der Waals surface area contributed by atoms with E-state index in [4.69, 9.17) is 32.3 Å². The summed E-state index contributed by atoms with van der Waals surface area (Å²) >= 11 is 0. The van der Waals surface area contributed by atoms with Gasteiger partial charge in [-0.25, -0.2) is 9.13 Å². The minimum absolute atomic E-state index is 0.115. The number of hydrogen-bond donors (Lipinski definition) is 4. The topological polar surface area (TPSA) is 231 Å². The third kappa shape index (κ3) is 78.2. The molecule has 0 heterocycles. The fraction of sp³-hybridized carbons (Fsp3) is 0.843. The summed E-state index contributed by atoms with van der Waals surface area (Å²) in [6.07, 6.45) is 84.3. The maximum Gasteiger partial charge on any atom is 0.472 e. The first-order valence-corrected chi connectivity index (χ1v) is 44.6. The second-order valence-electron chi connectivity index (χ2n) is 28.3. The van der Waals surface area contributed by atoms with Gasteiger partial charge in [-0.05, 0) is 64.2 Å². The SMILES string of the molecule is CC/C=C\C/C=C\C/C=C\C/C=C\C/C=C\CCCCCCCCCCCCCCCCCCCCCC(=O)OCC(O)COP(=O)(O)OCC(O)COP(=O)(O)OCC(COC(=O)CCCCCCCCCCCCCCCCC)OC(=O)CCCCCCCCCCCCCCCCC. The first-order valence-electron chi connectivity index (χ1n) is 41.6. The summed E-state index contributed by atoms with van der Waals surface area (Å²) in [5, 5.41) is 20.6. The minimum atomic E-state index is -4.92. The van der Waals surface area contributed by atoms with Crippen molar-refractivity contribution < 1.29 is 75.8 Å². The molecule has 0 aliphatic carbocycles. The van der Waals surface area contributed by atoms with Crippen molar-refractivity contribution in [1.82, 2.24) is 0 Å². The maximum absolute atomic E-state index is 13.0. The van der Waals surface area contributed by atoms with Gasteiger partial charge in [-0.2, -0.15) is 0 Å². The highest BCUT2D eigenvalue weighted by Crippen LogP contribution is 2.45. The molecule has 0 aromatic carbocycles. The van der Waals surface area contributed by atoms with Crippen LogP contribution in [0.25, 0.3) is 0 Å². The molecule has 101 heavy (non-hydrogen) atoms. The molecule has 0 saturated heterocycles. The van der Waals surface area contributed by atoms with Crippen LogP contribution >= 0.6 is 15.6 Å². The van der Waals surface area contributed by atoms with Crippen molar-refractivity contribution >= 4 is 33.6 Å². The van der Waals surface area contributed by atoms with Crippen molar-refractivity contribution in [3.8, 4) is 0 Å². The standard InChI is InChI=1S/C83H154O16P2/c1-4-7-10-13-16-19-22-25-28-29-30-31-32-33-34-35-36-37-38-39-40-41-42-43-44-45-46-47-50-52-54-57-60-63-66-69-81(86)93-72-78(84)73-95-100(89,90)96-74-79(85)75-97-101(91,92)98-77-80(99-83(88)71-68-65-62-59-56-53-49-27-24-21-18-15-12-9-6-3)76-94-82(87)70-67-64-61-58-55-51-48-26-23-20-17-14-11-8-5-2/h7,10,16,19,25,28,30-31,33-34,78-80,84-85H,4-6,8-9,11-15,17-18,20-24,26-27,29,32,35-77H2,1-3H3,(H,89,90)(H,91,92)/b10-7-,19-16-,28-25-,31-30-,34-33-. The lowest BCUT2D eigenvalue weighted by molar-refractivity contribution is -0.161. The Bertz CT molecular complexity index is 2080. The van der Waals surface area contributed by atoms with Crippen molar-refractivity contribution in [3.63, 3.8) is 0 Å². The highest BCUT2D eigenvalue weighted by atomic mass is 31.2. The van der Waals surface area contributed by atoms with Crippen molar-refractivity contribution in [2.45, 2.75) is 411 Å². The van der Waals surface area contributed by atoms with E-state index in [1.54, 1.807) is 0 Å². The number of ether oxygens (including phenoxy) is 3. The van der Waals surface area contributed by atoms with Gasteiger partial charge in [0.1, 0.15) is 25.4 Å². The summed E-state index contributed by atoms with van der Waals surface area (Å²) in [6, 6.07) is 0. The number of aliphatic hydroxyl groups excluding tert-OH is 2. The van der Waals surface area contributed by atoms with Crippen LogP contribution in [0.3, 0.4) is 0 Å². The van der Waals surface area contributed by atoms with Crippen LogP contribution in [-0.2, 0) is 55.8 Å². The lowest BCUT2D eigenvalue weighted by Gasteiger charge is -2.21. The van der Waals surface area contributed by atoms with Gasteiger partial charge in [-0.3, -0.25) is 32.5 Å². The van der Waals surface area contributed by atoms with Gasteiger partial charge in [0, 0.05) is 19.3 Å². The molecule has 0 amide bonds. The monoisotopic (exact) mass is 1470 g/mol. The Hall–Kier alpha value is -2.75. The molecule has 0 aromatic heterocycles. The fourth-order valence-electron chi connectivity index (χ4n) is 12.0. The quantitative estimate of drug-likeness (QED) is 0.0146. The molecule has 5 atom stereocenters. The van der Waals surface area contributed by atoms with Crippen molar-refractivity contribution in [1.29, 1.82) is 0 Å². The van der Waals surface area contributed by atoms with E-state index in [1.807, 2.05) is 0 Å². The number of rotatable bonds is 80. The van der Waals surface area contributed by atoms with Gasteiger partial charge in [-0.15, -0.1) is 0 Å². The maximum atomic E-state index is 13.0. The number of esters is 3. The molecule has 0 radical (unpaired) electrons. The number of carbonyl (C=O) groups excluding carboxylic acids is 3. The molecule has 0 spiro atoms. The van der Waals surface area contributed by atoms with Crippen molar-refractivity contribution in [2.75, 3.05) is 39.6 Å². The number of hydrogen-bond acceptors (Lipinski definition) is 14. The van der Waals surface area contributed by atoms with Gasteiger partial charge < -0.3 is 34.2 Å². The second-order valence-corrected chi connectivity index (χ2v) is 31.2. The number of allylic oxidation sites excluding steroid dienone is 10. The summed E-state index contributed by atoms with van der Waals surface area (Å²) < 4.78 is 61.2. The Morgan fingerprint density at radius 1 is 0.287 bits per heavy atom. The molecular formula is C83H154O16P2. The number of carbonyl (C=O) groups is 3. The zero-order valence-corrected chi connectivity index (χ0v) is 66.6. The summed E-state index contributed by atoms with van der Waals surface area (Å²) in [5.41, 5.74) is 0. The predicted octanol–water partition coefficient (Wildman–Crippen LogP) is 24.4. The summed E-state index contributed by atoms with van der Waals surface area (Å²) in [7, 11) is -9.76. The lowest BCUT2D eigenvalue weighted by Crippen LogP contribution is -2.30. The second kappa shape index (κ2) is 76.9. The molecule has 0 aromatic rings. The first-order chi connectivity index (χ1) is 49.2. The van der Waals surface area contributed by atoms with E-state index in [-0.39, 0.29) is 19.3 Å². The third-order valence-corrected chi connectivity index (χ3v) is 20.2. The molecular weight excluding hydrogens is 1310 g/mol. The molecule has 0 bridgehead atoms. The van der Waals surface area contributed by atoms with Crippen LogP contribution in [0.4, 0.5) is 0 Å². The van der Waals surface area contributed by atoms with Gasteiger partial charge in [0.05, 0.1) is 26.4 Å². The van der Waals surface area contributed by atoms with Gasteiger partial charge in [0.25, 0.3) is 0 Å². The largest absolute Gasteiger partial charge is 0.472 e. The minimum Gasteiger partial charge on any atom is -0.463 e. The Morgan fingerprint density at radius 2 is 0.525 bits per heavy atom. The van der Waals surface area contributed by atoms with E-state index in [0.29, 0.717) is 19.3 Å². The van der Waals surface area contributed by atoms with Gasteiger partial charge >= 0.3 is 33.6 Å². The average molecular weight is 1470 g/mol. The predicted molar refractivity (Wildman–Crippen MR) is 418 cm³/mol. The van der Waals surface area contributed by atoms with E-state index in [0.717, 1.165) is 89.9 Å². The van der Waals surface area contributed by atoms with Crippen LogP contribution in [-0.4, -0.2) is 95.9 Å². The number of unbranched alkanes of at least 4 members (excludes halogenated alkanes) is 47. The molecule has 0 aliphatic heterocycles. The molecule has 0 fully saturated rings. The summed E-state index contributed by atoms with van der Waals surface area (Å²) in [4.78, 5) is 58.6. The summed E-state index contributed by atoms with van der Waals surface area (Å²) in [5.74, 6) is -1.54.